The largest absolute Gasteiger partial charge is 0.324 e. The first-order valence-electron chi connectivity index (χ1n) is 8.23. The quantitative estimate of drug-likeness (QED) is 0.559. The molecule has 1 amide bonds. The van der Waals surface area contributed by atoms with Crippen LogP contribution < -0.4 is 5.32 Å². The summed E-state index contributed by atoms with van der Waals surface area (Å²) in [6, 6.07) is 13.8. The van der Waals surface area contributed by atoms with Crippen LogP contribution in [0, 0.1) is 0 Å². The molecule has 0 aliphatic rings. The third kappa shape index (κ3) is 4.64. The van der Waals surface area contributed by atoms with E-state index in [0.717, 1.165) is 23.0 Å². The minimum absolute atomic E-state index is 0.000653. The fourth-order valence-electron chi connectivity index (χ4n) is 2.69. The number of aromatic nitrogens is 1. The van der Waals surface area contributed by atoms with Crippen molar-refractivity contribution in [3.8, 4) is 0 Å². The van der Waals surface area contributed by atoms with E-state index in [9.17, 15) is 4.79 Å². The molecule has 2 heterocycles. The third-order valence-electron chi connectivity index (χ3n) is 3.88. The van der Waals surface area contributed by atoms with E-state index in [0.29, 0.717) is 12.8 Å². The van der Waals surface area contributed by atoms with Crippen molar-refractivity contribution in [2.75, 3.05) is 5.32 Å². The summed E-state index contributed by atoms with van der Waals surface area (Å²) in [7, 11) is 0. The molecule has 0 saturated carbocycles. The summed E-state index contributed by atoms with van der Waals surface area (Å²) in [6.45, 7) is 3.81. The maximum atomic E-state index is 12.4. The molecule has 3 aromatic rings. The van der Waals surface area contributed by atoms with Gasteiger partial charge in [0, 0.05) is 22.9 Å². The van der Waals surface area contributed by atoms with Crippen LogP contribution >= 0.6 is 11.3 Å². The summed E-state index contributed by atoms with van der Waals surface area (Å²) in [6.07, 6.45) is 7.72. The second kappa shape index (κ2) is 8.40. The summed E-state index contributed by atoms with van der Waals surface area (Å²) in [5.41, 5.74) is 2.79. The van der Waals surface area contributed by atoms with Crippen molar-refractivity contribution < 1.29 is 4.79 Å². The standard InChI is InChI=1S/C21H20N2OS/c1-2-6-16(15-18-9-5-14-25-18)11-12-20(24)23-19-10-3-7-17-8-4-13-22-21(17)19/h2-5,7-10,13-15H,1,6,11-12H2,(H,23,24)/b16-15-. The molecule has 2 aromatic heterocycles. The first kappa shape index (κ1) is 17.1. The van der Waals surface area contributed by atoms with E-state index < -0.39 is 0 Å². The average Bonchev–Trinajstić information content (AvgIpc) is 3.13. The zero-order valence-corrected chi connectivity index (χ0v) is 14.8. The predicted octanol–water partition coefficient (Wildman–Crippen LogP) is 5.67. The van der Waals surface area contributed by atoms with E-state index in [-0.39, 0.29) is 5.91 Å². The van der Waals surface area contributed by atoms with Crippen molar-refractivity contribution >= 4 is 39.9 Å². The van der Waals surface area contributed by atoms with E-state index in [1.807, 2.05) is 42.5 Å². The van der Waals surface area contributed by atoms with Crippen molar-refractivity contribution in [1.82, 2.24) is 4.98 Å². The highest BCUT2D eigenvalue weighted by atomic mass is 32.1. The number of allylic oxidation sites excluding steroid dienone is 2. The minimum atomic E-state index is -0.000653. The smallest absolute Gasteiger partial charge is 0.224 e. The lowest BCUT2D eigenvalue weighted by Gasteiger charge is -2.09. The number of nitrogens with zero attached hydrogens (tertiary/aromatic N) is 1. The molecule has 1 N–H and O–H groups in total. The summed E-state index contributed by atoms with van der Waals surface area (Å²) in [4.78, 5) is 18.0. The summed E-state index contributed by atoms with van der Waals surface area (Å²) < 4.78 is 0. The molecule has 0 fully saturated rings. The van der Waals surface area contributed by atoms with Crippen LogP contribution in [0.25, 0.3) is 17.0 Å². The van der Waals surface area contributed by atoms with Crippen LogP contribution in [0.5, 0.6) is 0 Å². The molecule has 0 saturated heterocycles. The molecular weight excluding hydrogens is 328 g/mol. The van der Waals surface area contributed by atoms with Crippen LogP contribution in [0.15, 0.2) is 72.3 Å². The molecule has 0 aliphatic carbocycles. The first-order valence-corrected chi connectivity index (χ1v) is 9.11. The number of rotatable bonds is 7. The van der Waals surface area contributed by atoms with Crippen LogP contribution in [0.2, 0.25) is 0 Å². The Morgan fingerprint density at radius 2 is 2.04 bits per heavy atom. The summed E-state index contributed by atoms with van der Waals surface area (Å²) >= 11 is 1.70. The van der Waals surface area contributed by atoms with Crippen LogP contribution in [0.4, 0.5) is 5.69 Å². The summed E-state index contributed by atoms with van der Waals surface area (Å²) in [5, 5.41) is 6.06. The molecule has 0 atom stereocenters. The number of fused-ring (bicyclic) bond motifs is 1. The highest BCUT2D eigenvalue weighted by Crippen LogP contribution is 2.22. The molecule has 0 aliphatic heterocycles. The molecule has 25 heavy (non-hydrogen) atoms. The topological polar surface area (TPSA) is 42.0 Å². The van der Waals surface area contributed by atoms with Crippen molar-refractivity contribution in [3.05, 3.63) is 77.1 Å². The minimum Gasteiger partial charge on any atom is -0.324 e. The molecule has 3 rings (SSSR count). The Morgan fingerprint density at radius 3 is 2.84 bits per heavy atom. The van der Waals surface area contributed by atoms with Gasteiger partial charge in [0.2, 0.25) is 5.91 Å². The fourth-order valence-corrected chi connectivity index (χ4v) is 3.39. The molecule has 4 heteroatoms. The molecule has 3 nitrogen and oxygen atoms in total. The zero-order chi connectivity index (χ0) is 17.5. The maximum Gasteiger partial charge on any atom is 0.224 e. The van der Waals surface area contributed by atoms with Crippen molar-refractivity contribution in [3.63, 3.8) is 0 Å². The second-order valence-corrected chi connectivity index (χ2v) is 6.72. The number of para-hydroxylation sites is 1. The van der Waals surface area contributed by atoms with Gasteiger partial charge in [0.05, 0.1) is 11.2 Å². The lowest BCUT2D eigenvalue weighted by molar-refractivity contribution is -0.116. The Kier molecular flexibility index (Phi) is 5.75. The van der Waals surface area contributed by atoms with Crippen LogP contribution in [0.3, 0.4) is 0 Å². The molecule has 0 bridgehead atoms. The number of hydrogen-bond acceptors (Lipinski definition) is 3. The van der Waals surface area contributed by atoms with E-state index in [1.54, 1.807) is 17.5 Å². The molecular formula is C21H20N2OS. The number of carbonyl (C=O) groups excluding carboxylic acids is 1. The van der Waals surface area contributed by atoms with Crippen LogP contribution in [-0.4, -0.2) is 10.9 Å². The lowest BCUT2D eigenvalue weighted by atomic mass is 10.1. The number of pyridine rings is 1. The Balaban J connectivity index is 1.66. The average molecular weight is 348 g/mol. The predicted molar refractivity (Wildman–Crippen MR) is 107 cm³/mol. The van der Waals surface area contributed by atoms with Gasteiger partial charge in [0.1, 0.15) is 0 Å². The Bertz CT molecular complexity index is 892. The highest BCUT2D eigenvalue weighted by molar-refractivity contribution is 7.10. The van der Waals surface area contributed by atoms with E-state index in [2.05, 4.69) is 34.4 Å². The van der Waals surface area contributed by atoms with Gasteiger partial charge in [0.15, 0.2) is 0 Å². The van der Waals surface area contributed by atoms with Crippen molar-refractivity contribution in [1.29, 1.82) is 0 Å². The SMILES string of the molecule is C=CC/C(=C/c1cccs1)CCC(=O)Nc1cccc2cccnc12. The number of hydrogen-bond donors (Lipinski definition) is 1. The normalized spacial score (nSPS) is 11.4. The van der Waals surface area contributed by atoms with Crippen LogP contribution in [-0.2, 0) is 4.79 Å². The monoisotopic (exact) mass is 348 g/mol. The number of carbonyl (C=O) groups is 1. The van der Waals surface area contributed by atoms with E-state index >= 15 is 0 Å². The van der Waals surface area contributed by atoms with Gasteiger partial charge in [0.25, 0.3) is 0 Å². The molecule has 1 aromatic carbocycles. The van der Waals surface area contributed by atoms with Gasteiger partial charge in [-0.3, -0.25) is 9.78 Å². The third-order valence-corrected chi connectivity index (χ3v) is 4.70. The van der Waals surface area contributed by atoms with Gasteiger partial charge < -0.3 is 5.32 Å². The number of nitrogens with one attached hydrogen (secondary N) is 1. The zero-order valence-electron chi connectivity index (χ0n) is 13.9. The van der Waals surface area contributed by atoms with E-state index in [1.165, 1.54) is 10.5 Å². The van der Waals surface area contributed by atoms with Gasteiger partial charge in [-0.1, -0.05) is 35.9 Å². The van der Waals surface area contributed by atoms with Gasteiger partial charge >= 0.3 is 0 Å². The van der Waals surface area contributed by atoms with Gasteiger partial charge in [-0.25, -0.2) is 0 Å². The van der Waals surface area contributed by atoms with E-state index in [4.69, 9.17) is 0 Å². The number of benzene rings is 1. The van der Waals surface area contributed by atoms with Crippen LogP contribution in [0.1, 0.15) is 24.1 Å². The second-order valence-electron chi connectivity index (χ2n) is 5.74. The fraction of sp³-hybridized carbons (Fsp3) is 0.143. The first-order chi connectivity index (χ1) is 12.3. The van der Waals surface area contributed by atoms with Crippen molar-refractivity contribution in [2.45, 2.75) is 19.3 Å². The molecule has 0 spiro atoms. The number of thiophene rings is 1. The Hall–Kier alpha value is -2.72. The molecule has 126 valence electrons. The summed E-state index contributed by atoms with van der Waals surface area (Å²) in [5.74, 6) is -0.000653. The number of anilines is 1. The molecule has 0 radical (unpaired) electrons. The Morgan fingerprint density at radius 1 is 1.16 bits per heavy atom. The molecule has 0 unspecified atom stereocenters. The number of amides is 1. The highest BCUT2D eigenvalue weighted by Gasteiger charge is 2.08. The Labute approximate surface area is 151 Å². The van der Waals surface area contributed by atoms with Gasteiger partial charge in [-0.15, -0.1) is 17.9 Å². The lowest BCUT2D eigenvalue weighted by Crippen LogP contribution is -2.12. The van der Waals surface area contributed by atoms with Crippen molar-refractivity contribution in [2.24, 2.45) is 0 Å². The maximum absolute atomic E-state index is 12.4. The van der Waals surface area contributed by atoms with Gasteiger partial charge in [-0.05, 0) is 42.5 Å². The van der Waals surface area contributed by atoms with Gasteiger partial charge in [-0.2, -0.15) is 0 Å².